The van der Waals surface area contributed by atoms with Gasteiger partial charge in [-0.25, -0.2) is 0 Å². The van der Waals surface area contributed by atoms with E-state index in [4.69, 9.17) is 4.74 Å². The highest BCUT2D eigenvalue weighted by Gasteiger charge is 2.23. The average molecular weight is 274 g/mol. The quantitative estimate of drug-likeness (QED) is 0.839. The number of hydrogen-bond acceptors (Lipinski definition) is 3. The Kier molecular flexibility index (Phi) is 4.46. The maximum absolute atomic E-state index is 5.48. The van der Waals surface area contributed by atoms with Crippen molar-refractivity contribution in [3.63, 3.8) is 0 Å². The summed E-state index contributed by atoms with van der Waals surface area (Å²) in [6.07, 6.45) is 5.80. The Balaban J connectivity index is 1.55. The lowest BCUT2D eigenvalue weighted by Crippen LogP contribution is -2.47. The molecule has 0 aromatic heterocycles. The van der Waals surface area contributed by atoms with E-state index in [-0.39, 0.29) is 0 Å². The van der Waals surface area contributed by atoms with Gasteiger partial charge in [0.15, 0.2) is 0 Å². The van der Waals surface area contributed by atoms with Crippen molar-refractivity contribution in [3.8, 4) is 5.75 Å². The third-order valence-corrected chi connectivity index (χ3v) is 4.79. The number of anilines is 1. The minimum Gasteiger partial charge on any atom is -0.495 e. The lowest BCUT2D eigenvalue weighted by molar-refractivity contribution is 0.219. The van der Waals surface area contributed by atoms with Crippen molar-refractivity contribution in [2.75, 3.05) is 44.7 Å². The van der Waals surface area contributed by atoms with Crippen molar-refractivity contribution in [1.82, 2.24) is 4.90 Å². The molecule has 1 saturated heterocycles. The largest absolute Gasteiger partial charge is 0.495 e. The second-order valence-corrected chi connectivity index (χ2v) is 6.11. The van der Waals surface area contributed by atoms with Gasteiger partial charge in [0.1, 0.15) is 5.75 Å². The second-order valence-electron chi connectivity index (χ2n) is 6.11. The van der Waals surface area contributed by atoms with Crippen molar-refractivity contribution < 1.29 is 4.74 Å². The van der Waals surface area contributed by atoms with Crippen molar-refractivity contribution in [1.29, 1.82) is 0 Å². The smallest absolute Gasteiger partial charge is 0.142 e. The number of hydrogen-bond donors (Lipinski definition) is 0. The van der Waals surface area contributed by atoms with Crippen LogP contribution in [-0.2, 0) is 0 Å². The number of piperazine rings is 1. The predicted octanol–water partition coefficient (Wildman–Crippen LogP) is 3.01. The second kappa shape index (κ2) is 6.49. The molecule has 1 aromatic rings. The van der Waals surface area contributed by atoms with Gasteiger partial charge in [0.25, 0.3) is 0 Å². The van der Waals surface area contributed by atoms with Crippen LogP contribution in [0.25, 0.3) is 0 Å². The van der Waals surface area contributed by atoms with Gasteiger partial charge in [0.05, 0.1) is 12.8 Å². The minimum atomic E-state index is 0.966. The Labute approximate surface area is 122 Å². The van der Waals surface area contributed by atoms with Crippen LogP contribution in [-0.4, -0.2) is 44.7 Å². The summed E-state index contributed by atoms with van der Waals surface area (Å²) in [5.74, 6) is 1.96. The zero-order valence-electron chi connectivity index (χ0n) is 12.6. The molecule has 110 valence electrons. The molecule has 20 heavy (non-hydrogen) atoms. The number of ether oxygens (including phenoxy) is 1. The first kappa shape index (κ1) is 13.7. The molecule has 1 aromatic carbocycles. The SMILES string of the molecule is COc1ccccc1N1CCN(CC2CCCC2)CC1. The van der Waals surface area contributed by atoms with Crippen molar-refractivity contribution in [3.05, 3.63) is 24.3 Å². The first-order valence-corrected chi connectivity index (χ1v) is 7.97. The highest BCUT2D eigenvalue weighted by Crippen LogP contribution is 2.29. The van der Waals surface area contributed by atoms with Crippen LogP contribution in [0.3, 0.4) is 0 Å². The van der Waals surface area contributed by atoms with Crippen LogP contribution in [0.15, 0.2) is 24.3 Å². The van der Waals surface area contributed by atoms with Gasteiger partial charge in [-0.05, 0) is 30.9 Å². The maximum atomic E-state index is 5.48. The molecule has 0 amide bonds. The van der Waals surface area contributed by atoms with E-state index in [0.29, 0.717) is 0 Å². The highest BCUT2D eigenvalue weighted by molar-refractivity contribution is 5.58. The number of rotatable bonds is 4. The van der Waals surface area contributed by atoms with Gasteiger partial charge in [0.2, 0.25) is 0 Å². The molecule has 0 bridgehead atoms. The molecule has 1 aliphatic heterocycles. The number of methoxy groups -OCH3 is 1. The maximum Gasteiger partial charge on any atom is 0.142 e. The molecule has 1 heterocycles. The Hall–Kier alpha value is -1.22. The zero-order valence-corrected chi connectivity index (χ0v) is 12.6. The zero-order chi connectivity index (χ0) is 13.8. The molecule has 2 fully saturated rings. The van der Waals surface area contributed by atoms with Gasteiger partial charge in [-0.15, -0.1) is 0 Å². The average Bonchev–Trinajstić information content (AvgIpc) is 3.01. The highest BCUT2D eigenvalue weighted by atomic mass is 16.5. The molecule has 1 aliphatic carbocycles. The minimum absolute atomic E-state index is 0.966. The summed E-state index contributed by atoms with van der Waals surface area (Å²) in [5.41, 5.74) is 1.25. The van der Waals surface area contributed by atoms with E-state index in [9.17, 15) is 0 Å². The van der Waals surface area contributed by atoms with E-state index in [1.54, 1.807) is 7.11 Å². The Morgan fingerprint density at radius 3 is 2.45 bits per heavy atom. The molecule has 3 heteroatoms. The van der Waals surface area contributed by atoms with Gasteiger partial charge in [-0.3, -0.25) is 4.90 Å². The standard InChI is InChI=1S/C17H26N2O/c1-20-17-9-5-4-8-16(17)19-12-10-18(11-13-19)14-15-6-2-3-7-15/h4-5,8-9,15H,2-3,6-7,10-14H2,1H3. The summed E-state index contributed by atoms with van der Waals surface area (Å²) in [5, 5.41) is 0. The van der Waals surface area contributed by atoms with E-state index >= 15 is 0 Å². The van der Waals surface area contributed by atoms with Crippen LogP contribution in [0, 0.1) is 5.92 Å². The van der Waals surface area contributed by atoms with Gasteiger partial charge in [0, 0.05) is 32.7 Å². The molecular weight excluding hydrogens is 248 g/mol. The summed E-state index contributed by atoms with van der Waals surface area (Å²) in [4.78, 5) is 5.12. The van der Waals surface area contributed by atoms with E-state index in [1.807, 2.05) is 6.07 Å². The summed E-state index contributed by atoms with van der Waals surface area (Å²) in [7, 11) is 1.76. The fourth-order valence-electron chi connectivity index (χ4n) is 3.62. The monoisotopic (exact) mass is 274 g/mol. The Morgan fingerprint density at radius 1 is 1.05 bits per heavy atom. The predicted molar refractivity (Wildman–Crippen MR) is 83.6 cm³/mol. The Bertz CT molecular complexity index is 421. The fraction of sp³-hybridized carbons (Fsp3) is 0.647. The first-order chi connectivity index (χ1) is 9.86. The van der Waals surface area contributed by atoms with Gasteiger partial charge < -0.3 is 9.64 Å². The third-order valence-electron chi connectivity index (χ3n) is 4.79. The molecule has 3 rings (SSSR count). The Morgan fingerprint density at radius 2 is 1.75 bits per heavy atom. The van der Waals surface area contributed by atoms with E-state index < -0.39 is 0 Å². The van der Waals surface area contributed by atoms with Gasteiger partial charge in [-0.1, -0.05) is 25.0 Å². The normalized spacial score (nSPS) is 21.4. The molecule has 3 nitrogen and oxygen atoms in total. The molecule has 0 atom stereocenters. The van der Waals surface area contributed by atoms with Crippen LogP contribution in [0.2, 0.25) is 0 Å². The lowest BCUT2D eigenvalue weighted by atomic mass is 10.1. The van der Waals surface area contributed by atoms with Crippen molar-refractivity contribution in [2.24, 2.45) is 5.92 Å². The van der Waals surface area contributed by atoms with Gasteiger partial charge in [-0.2, -0.15) is 0 Å². The number of nitrogens with zero attached hydrogens (tertiary/aromatic N) is 2. The summed E-state index contributed by atoms with van der Waals surface area (Å²) < 4.78 is 5.48. The van der Waals surface area contributed by atoms with E-state index in [0.717, 1.165) is 24.8 Å². The van der Waals surface area contributed by atoms with Gasteiger partial charge >= 0.3 is 0 Å². The molecule has 0 radical (unpaired) electrons. The van der Waals surface area contributed by atoms with Crippen LogP contribution in [0.1, 0.15) is 25.7 Å². The summed E-state index contributed by atoms with van der Waals surface area (Å²) >= 11 is 0. The number of benzene rings is 1. The third kappa shape index (κ3) is 3.09. The fourth-order valence-corrected chi connectivity index (χ4v) is 3.62. The van der Waals surface area contributed by atoms with E-state index in [2.05, 4.69) is 28.0 Å². The van der Waals surface area contributed by atoms with Crippen molar-refractivity contribution >= 4 is 5.69 Å². The van der Waals surface area contributed by atoms with Crippen LogP contribution < -0.4 is 9.64 Å². The first-order valence-electron chi connectivity index (χ1n) is 7.97. The van der Waals surface area contributed by atoms with Crippen LogP contribution in [0.4, 0.5) is 5.69 Å². The topological polar surface area (TPSA) is 15.7 Å². The number of para-hydroxylation sites is 2. The summed E-state index contributed by atoms with van der Waals surface area (Å²) in [6.45, 7) is 5.93. The molecular formula is C17H26N2O. The van der Waals surface area contributed by atoms with Crippen molar-refractivity contribution in [2.45, 2.75) is 25.7 Å². The molecule has 2 aliphatic rings. The molecule has 0 spiro atoms. The molecule has 1 saturated carbocycles. The molecule has 0 unspecified atom stereocenters. The summed E-state index contributed by atoms with van der Waals surface area (Å²) in [6, 6.07) is 8.37. The van der Waals surface area contributed by atoms with E-state index in [1.165, 1.54) is 51.0 Å². The lowest BCUT2D eigenvalue weighted by Gasteiger charge is -2.37. The molecule has 0 N–H and O–H groups in total. The van der Waals surface area contributed by atoms with Crippen LogP contribution >= 0.6 is 0 Å². The van der Waals surface area contributed by atoms with Crippen LogP contribution in [0.5, 0.6) is 5.75 Å².